The summed E-state index contributed by atoms with van der Waals surface area (Å²) in [4.78, 5) is 14.7. The molecule has 1 saturated carbocycles. The summed E-state index contributed by atoms with van der Waals surface area (Å²) in [6.07, 6.45) is 8.24. The molecule has 2 fully saturated rings. The van der Waals surface area contributed by atoms with Crippen LogP contribution in [0.25, 0.3) is 0 Å². The molecule has 1 unspecified atom stereocenters. The molecule has 0 spiro atoms. The highest BCUT2D eigenvalue weighted by Gasteiger charge is 2.32. The number of hydrogen-bond acceptors (Lipinski definition) is 3. The van der Waals surface area contributed by atoms with E-state index >= 15 is 0 Å². The molecule has 2 heterocycles. The Hall–Kier alpha value is -1.49. The van der Waals surface area contributed by atoms with Crippen LogP contribution in [0.1, 0.15) is 55.1 Å². The number of likely N-dealkylation sites (tertiary alicyclic amines) is 1. The van der Waals surface area contributed by atoms with Crippen molar-refractivity contribution in [3.8, 4) is 0 Å². The van der Waals surface area contributed by atoms with Gasteiger partial charge >= 0.3 is 0 Å². The lowest BCUT2D eigenvalue weighted by Gasteiger charge is -2.29. The van der Waals surface area contributed by atoms with Crippen LogP contribution in [0.15, 0.2) is 12.3 Å². The Morgan fingerprint density at radius 2 is 2.10 bits per heavy atom. The Morgan fingerprint density at radius 3 is 2.80 bits per heavy atom. The van der Waals surface area contributed by atoms with Gasteiger partial charge in [0.2, 0.25) is 0 Å². The van der Waals surface area contributed by atoms with Gasteiger partial charge in [-0.1, -0.05) is 12.8 Å². The molecule has 0 aromatic carbocycles. The molecule has 5 nitrogen and oxygen atoms in total. The molecule has 1 saturated heterocycles. The fourth-order valence-corrected chi connectivity index (χ4v) is 3.11. The van der Waals surface area contributed by atoms with E-state index in [9.17, 15) is 9.90 Å². The number of anilines is 1. The third-order valence-electron chi connectivity index (χ3n) is 4.38. The van der Waals surface area contributed by atoms with Crippen LogP contribution >= 0.6 is 0 Å². The van der Waals surface area contributed by atoms with Gasteiger partial charge in [-0.3, -0.25) is 4.79 Å². The van der Waals surface area contributed by atoms with Gasteiger partial charge in [0.05, 0.1) is 18.3 Å². The molecule has 0 bridgehead atoms. The quantitative estimate of drug-likeness (QED) is 0.884. The van der Waals surface area contributed by atoms with Gasteiger partial charge in [-0.25, -0.2) is 0 Å². The summed E-state index contributed by atoms with van der Waals surface area (Å²) < 4.78 is 2.02. The molecule has 1 aliphatic heterocycles. The van der Waals surface area contributed by atoms with E-state index < -0.39 is 0 Å². The monoisotopic (exact) mass is 277 g/mol. The number of amides is 1. The summed E-state index contributed by atoms with van der Waals surface area (Å²) in [6.45, 7) is 0.783. The van der Waals surface area contributed by atoms with Crippen molar-refractivity contribution >= 4 is 11.6 Å². The van der Waals surface area contributed by atoms with Gasteiger partial charge in [0, 0.05) is 18.8 Å². The Bertz CT molecular complexity index is 493. The maximum atomic E-state index is 12.8. The summed E-state index contributed by atoms with van der Waals surface area (Å²) in [7, 11) is 0. The van der Waals surface area contributed by atoms with Crippen LogP contribution in [0.3, 0.4) is 0 Å². The molecule has 1 amide bonds. The number of nitrogen functional groups attached to an aromatic ring is 1. The van der Waals surface area contributed by atoms with Gasteiger partial charge in [-0.2, -0.15) is 0 Å². The molecular weight excluding hydrogens is 254 g/mol. The van der Waals surface area contributed by atoms with E-state index in [-0.39, 0.29) is 18.6 Å². The fourth-order valence-electron chi connectivity index (χ4n) is 3.11. The SMILES string of the molecule is Nc1cc(C(=O)N2CCCCCC2CO)n(C2CC2)c1. The van der Waals surface area contributed by atoms with E-state index in [2.05, 4.69) is 0 Å². The number of hydrogen-bond donors (Lipinski definition) is 2. The molecule has 1 aliphatic carbocycles. The first-order valence-electron chi connectivity index (χ1n) is 7.60. The normalized spacial score (nSPS) is 23.6. The Morgan fingerprint density at radius 1 is 1.30 bits per heavy atom. The largest absolute Gasteiger partial charge is 0.397 e. The molecule has 110 valence electrons. The smallest absolute Gasteiger partial charge is 0.270 e. The van der Waals surface area contributed by atoms with Crippen LogP contribution in [0.2, 0.25) is 0 Å². The van der Waals surface area contributed by atoms with Crippen molar-refractivity contribution in [2.75, 3.05) is 18.9 Å². The highest BCUT2D eigenvalue weighted by atomic mass is 16.3. The van der Waals surface area contributed by atoms with Crippen LogP contribution < -0.4 is 5.73 Å². The number of aliphatic hydroxyl groups excluding tert-OH is 1. The van der Waals surface area contributed by atoms with Crippen LogP contribution in [-0.2, 0) is 0 Å². The number of carbonyl (C=O) groups excluding carboxylic acids is 1. The van der Waals surface area contributed by atoms with E-state index in [0.29, 0.717) is 17.4 Å². The Labute approximate surface area is 119 Å². The predicted octanol–water partition coefficient (Wildman–Crippen LogP) is 1.78. The summed E-state index contributed by atoms with van der Waals surface area (Å²) in [5.41, 5.74) is 7.20. The lowest BCUT2D eigenvalue weighted by atomic mass is 10.1. The summed E-state index contributed by atoms with van der Waals surface area (Å²) >= 11 is 0. The fraction of sp³-hybridized carbons (Fsp3) is 0.667. The number of aliphatic hydroxyl groups is 1. The van der Waals surface area contributed by atoms with Gasteiger partial charge in [-0.15, -0.1) is 0 Å². The lowest BCUT2D eigenvalue weighted by molar-refractivity contribution is 0.0589. The Balaban J connectivity index is 1.86. The average Bonchev–Trinajstić information content (AvgIpc) is 3.24. The zero-order valence-corrected chi connectivity index (χ0v) is 11.8. The van der Waals surface area contributed by atoms with Gasteiger partial charge < -0.3 is 20.3 Å². The second-order valence-corrected chi connectivity index (χ2v) is 5.98. The topological polar surface area (TPSA) is 71.5 Å². The number of aromatic nitrogens is 1. The zero-order valence-electron chi connectivity index (χ0n) is 11.8. The minimum Gasteiger partial charge on any atom is -0.397 e. The maximum absolute atomic E-state index is 12.8. The number of rotatable bonds is 3. The standard InChI is InChI=1S/C15H23N3O2/c16-11-8-14(18(9-11)12-5-6-12)15(20)17-7-3-1-2-4-13(17)10-19/h8-9,12-13,19H,1-7,10,16H2. The van der Waals surface area contributed by atoms with E-state index in [1.165, 1.54) is 0 Å². The van der Waals surface area contributed by atoms with Gasteiger partial charge in [0.15, 0.2) is 0 Å². The highest BCUT2D eigenvalue weighted by molar-refractivity contribution is 5.94. The van der Waals surface area contributed by atoms with Crippen molar-refractivity contribution in [2.24, 2.45) is 0 Å². The number of nitrogens with zero attached hydrogens (tertiary/aromatic N) is 2. The van der Waals surface area contributed by atoms with Gasteiger partial charge in [0.1, 0.15) is 5.69 Å². The molecular formula is C15H23N3O2. The van der Waals surface area contributed by atoms with Crippen molar-refractivity contribution in [2.45, 2.75) is 50.6 Å². The van der Waals surface area contributed by atoms with E-state index in [0.717, 1.165) is 45.1 Å². The molecule has 20 heavy (non-hydrogen) atoms. The second kappa shape index (κ2) is 5.48. The van der Waals surface area contributed by atoms with Crippen molar-refractivity contribution in [3.05, 3.63) is 18.0 Å². The van der Waals surface area contributed by atoms with Crippen LogP contribution in [0.4, 0.5) is 5.69 Å². The van der Waals surface area contributed by atoms with Crippen molar-refractivity contribution < 1.29 is 9.90 Å². The third-order valence-corrected chi connectivity index (χ3v) is 4.38. The van der Waals surface area contributed by atoms with Crippen molar-refractivity contribution in [3.63, 3.8) is 0 Å². The van der Waals surface area contributed by atoms with E-state index in [1.807, 2.05) is 15.7 Å². The molecule has 0 radical (unpaired) electrons. The summed E-state index contributed by atoms with van der Waals surface area (Å²) in [5, 5.41) is 9.55. The highest BCUT2D eigenvalue weighted by Crippen LogP contribution is 2.37. The first-order valence-corrected chi connectivity index (χ1v) is 7.60. The third kappa shape index (κ3) is 2.54. The Kier molecular flexibility index (Phi) is 3.70. The average molecular weight is 277 g/mol. The zero-order chi connectivity index (χ0) is 14.1. The van der Waals surface area contributed by atoms with Crippen LogP contribution in [-0.4, -0.2) is 39.7 Å². The maximum Gasteiger partial charge on any atom is 0.270 e. The van der Waals surface area contributed by atoms with Crippen molar-refractivity contribution in [1.82, 2.24) is 9.47 Å². The van der Waals surface area contributed by atoms with Crippen LogP contribution in [0, 0.1) is 0 Å². The molecule has 3 rings (SSSR count). The number of nitrogens with two attached hydrogens (primary N) is 1. The van der Waals surface area contributed by atoms with E-state index in [4.69, 9.17) is 5.73 Å². The van der Waals surface area contributed by atoms with Gasteiger partial charge in [0.25, 0.3) is 5.91 Å². The molecule has 5 heteroatoms. The molecule has 1 atom stereocenters. The summed E-state index contributed by atoms with van der Waals surface area (Å²) in [6, 6.07) is 2.17. The first-order chi connectivity index (χ1) is 9.70. The van der Waals surface area contributed by atoms with E-state index in [1.54, 1.807) is 6.07 Å². The predicted molar refractivity (Wildman–Crippen MR) is 77.5 cm³/mol. The summed E-state index contributed by atoms with van der Waals surface area (Å²) in [5.74, 6) is 0.0227. The lowest BCUT2D eigenvalue weighted by Crippen LogP contribution is -2.42. The second-order valence-electron chi connectivity index (χ2n) is 5.98. The minimum atomic E-state index is -0.0474. The molecule has 3 N–H and O–H groups in total. The van der Waals surface area contributed by atoms with Crippen LogP contribution in [0.5, 0.6) is 0 Å². The van der Waals surface area contributed by atoms with Gasteiger partial charge in [-0.05, 0) is 31.7 Å². The first kappa shape index (κ1) is 13.5. The molecule has 1 aromatic heterocycles. The molecule has 2 aliphatic rings. The van der Waals surface area contributed by atoms with Crippen molar-refractivity contribution in [1.29, 1.82) is 0 Å². The molecule has 1 aromatic rings. The minimum absolute atomic E-state index is 0.0227. The number of carbonyl (C=O) groups is 1.